The Bertz CT molecular complexity index is 611. The monoisotopic (exact) mass is 343 g/mol. The fraction of sp³-hybridized carbons (Fsp3) is 0.600. The van der Waals surface area contributed by atoms with Crippen molar-refractivity contribution in [3.8, 4) is 0 Å². The molecular weight excluding hydrogens is 314 g/mol. The summed E-state index contributed by atoms with van der Waals surface area (Å²) in [5.41, 5.74) is 2.05. The van der Waals surface area contributed by atoms with Gasteiger partial charge in [0.05, 0.1) is 0 Å². The first-order valence-electron chi connectivity index (χ1n) is 9.57. The van der Waals surface area contributed by atoms with Crippen LogP contribution in [-0.4, -0.2) is 48.9 Å². The molecule has 0 saturated carbocycles. The molecule has 0 spiro atoms. The molecule has 2 amide bonds. The molecule has 1 aromatic carbocycles. The van der Waals surface area contributed by atoms with Gasteiger partial charge in [0.2, 0.25) is 11.8 Å². The van der Waals surface area contributed by atoms with Crippen molar-refractivity contribution in [1.29, 1.82) is 0 Å². The number of carbonyl (C=O) groups excluding carboxylic acids is 2. The lowest BCUT2D eigenvalue weighted by atomic mass is 10.1. The number of likely N-dealkylation sites (tertiary alicyclic amines) is 1. The minimum Gasteiger partial charge on any atom is -0.354 e. The van der Waals surface area contributed by atoms with Crippen molar-refractivity contribution in [2.24, 2.45) is 0 Å². The molecule has 0 radical (unpaired) electrons. The predicted octanol–water partition coefficient (Wildman–Crippen LogP) is 2.35. The molecule has 0 aliphatic carbocycles. The standard InChI is InChI=1S/C20H29N3O2/c1-16(20(25)21-12-7-15-22-13-4-5-14-22)23-18-10-3-2-8-17(18)9-6-11-19(23)24/h2-3,8,10,16H,4-7,9,11-15H2,1H3,(H,21,25)/t16-/m0/s1. The van der Waals surface area contributed by atoms with E-state index >= 15 is 0 Å². The van der Waals surface area contributed by atoms with Gasteiger partial charge in [-0.15, -0.1) is 0 Å². The molecule has 5 nitrogen and oxygen atoms in total. The summed E-state index contributed by atoms with van der Waals surface area (Å²) in [7, 11) is 0. The zero-order valence-corrected chi connectivity index (χ0v) is 15.2. The Balaban J connectivity index is 1.57. The van der Waals surface area contributed by atoms with Crippen molar-refractivity contribution >= 4 is 17.5 Å². The van der Waals surface area contributed by atoms with Crippen LogP contribution in [0.3, 0.4) is 0 Å². The van der Waals surface area contributed by atoms with Crippen LogP contribution in [0.25, 0.3) is 0 Å². The predicted molar refractivity (Wildman–Crippen MR) is 99.6 cm³/mol. The van der Waals surface area contributed by atoms with Crippen molar-refractivity contribution in [3.05, 3.63) is 29.8 Å². The third-order valence-electron chi connectivity index (χ3n) is 5.27. The molecule has 2 aliphatic heterocycles. The summed E-state index contributed by atoms with van der Waals surface area (Å²) in [6, 6.07) is 7.47. The van der Waals surface area contributed by atoms with Crippen LogP contribution in [-0.2, 0) is 16.0 Å². The highest BCUT2D eigenvalue weighted by Crippen LogP contribution is 2.28. The maximum Gasteiger partial charge on any atom is 0.242 e. The summed E-state index contributed by atoms with van der Waals surface area (Å²) in [4.78, 5) is 29.3. The van der Waals surface area contributed by atoms with Gasteiger partial charge in [0.25, 0.3) is 0 Å². The molecule has 2 aliphatic rings. The van der Waals surface area contributed by atoms with Gasteiger partial charge < -0.3 is 10.2 Å². The maximum atomic E-state index is 12.6. The summed E-state index contributed by atoms with van der Waals surface area (Å²) in [5.74, 6) is -0.0175. The first-order valence-corrected chi connectivity index (χ1v) is 9.57. The number of aryl methyl sites for hydroxylation is 1. The third-order valence-corrected chi connectivity index (χ3v) is 5.27. The topological polar surface area (TPSA) is 52.7 Å². The molecule has 1 atom stereocenters. The highest BCUT2D eigenvalue weighted by Gasteiger charge is 2.30. The van der Waals surface area contributed by atoms with E-state index in [9.17, 15) is 9.59 Å². The van der Waals surface area contributed by atoms with Crippen molar-refractivity contribution in [2.45, 2.75) is 51.5 Å². The average Bonchev–Trinajstić information content (AvgIpc) is 3.07. The summed E-state index contributed by atoms with van der Waals surface area (Å²) in [5, 5.41) is 3.02. The van der Waals surface area contributed by atoms with E-state index in [4.69, 9.17) is 0 Å². The average molecular weight is 343 g/mol. The van der Waals surface area contributed by atoms with Gasteiger partial charge in [-0.1, -0.05) is 18.2 Å². The van der Waals surface area contributed by atoms with E-state index in [2.05, 4.69) is 16.3 Å². The molecule has 1 saturated heterocycles. The summed E-state index contributed by atoms with van der Waals surface area (Å²) in [6.45, 7) is 5.91. The third kappa shape index (κ3) is 4.40. The number of carbonyl (C=O) groups is 2. The molecule has 136 valence electrons. The lowest BCUT2D eigenvalue weighted by molar-refractivity contribution is -0.126. The van der Waals surface area contributed by atoms with E-state index in [1.165, 1.54) is 25.9 Å². The van der Waals surface area contributed by atoms with Crippen molar-refractivity contribution < 1.29 is 9.59 Å². The van der Waals surface area contributed by atoms with Crippen LogP contribution in [0, 0.1) is 0 Å². The Kier molecular flexibility index (Phi) is 6.08. The molecule has 0 aromatic heterocycles. The van der Waals surface area contributed by atoms with Gasteiger partial charge in [0.15, 0.2) is 0 Å². The van der Waals surface area contributed by atoms with Crippen LogP contribution in [0.5, 0.6) is 0 Å². The highest BCUT2D eigenvalue weighted by atomic mass is 16.2. The number of rotatable bonds is 6. The quantitative estimate of drug-likeness (QED) is 0.807. The lowest BCUT2D eigenvalue weighted by Gasteiger charge is -2.29. The van der Waals surface area contributed by atoms with Crippen LogP contribution >= 0.6 is 0 Å². The fourth-order valence-electron chi connectivity index (χ4n) is 3.85. The number of fused-ring (bicyclic) bond motifs is 1. The molecule has 0 bridgehead atoms. The highest BCUT2D eigenvalue weighted by molar-refractivity contribution is 6.01. The van der Waals surface area contributed by atoms with Gasteiger partial charge in [0, 0.05) is 18.7 Å². The van der Waals surface area contributed by atoms with E-state index < -0.39 is 6.04 Å². The first-order chi connectivity index (χ1) is 12.2. The largest absolute Gasteiger partial charge is 0.354 e. The van der Waals surface area contributed by atoms with Crippen LogP contribution in [0.1, 0.15) is 44.6 Å². The smallest absolute Gasteiger partial charge is 0.242 e. The minimum atomic E-state index is -0.474. The zero-order valence-electron chi connectivity index (χ0n) is 15.2. The zero-order chi connectivity index (χ0) is 17.6. The summed E-state index contributed by atoms with van der Waals surface area (Å²) >= 11 is 0. The van der Waals surface area contributed by atoms with Crippen molar-refractivity contribution in [1.82, 2.24) is 10.2 Å². The second kappa shape index (κ2) is 8.48. The first kappa shape index (κ1) is 17.9. The SMILES string of the molecule is C[C@@H](C(=O)NCCCN1CCCC1)N1C(=O)CCCc2ccccc21. The van der Waals surface area contributed by atoms with Crippen molar-refractivity contribution in [2.75, 3.05) is 31.1 Å². The van der Waals surface area contributed by atoms with E-state index in [-0.39, 0.29) is 11.8 Å². The Morgan fingerprint density at radius 1 is 1.16 bits per heavy atom. The molecule has 0 unspecified atom stereocenters. The molecule has 3 rings (SSSR count). The molecule has 25 heavy (non-hydrogen) atoms. The molecule has 1 aromatic rings. The summed E-state index contributed by atoms with van der Waals surface area (Å²) in [6.07, 6.45) is 5.78. The second-order valence-corrected chi connectivity index (χ2v) is 7.12. The van der Waals surface area contributed by atoms with Crippen LogP contribution < -0.4 is 10.2 Å². The number of hydrogen-bond acceptors (Lipinski definition) is 3. The van der Waals surface area contributed by atoms with E-state index in [1.807, 2.05) is 25.1 Å². The number of amides is 2. The Hall–Kier alpha value is -1.88. The molecular formula is C20H29N3O2. The number of nitrogens with zero attached hydrogens (tertiary/aromatic N) is 2. The van der Waals surface area contributed by atoms with Crippen LogP contribution in [0.2, 0.25) is 0 Å². The molecule has 2 heterocycles. The van der Waals surface area contributed by atoms with Gasteiger partial charge in [-0.05, 0) is 70.3 Å². The maximum absolute atomic E-state index is 12.6. The van der Waals surface area contributed by atoms with Gasteiger partial charge in [-0.2, -0.15) is 0 Å². The van der Waals surface area contributed by atoms with Gasteiger partial charge in [-0.3, -0.25) is 14.5 Å². The van der Waals surface area contributed by atoms with E-state index in [0.29, 0.717) is 13.0 Å². The Morgan fingerprint density at radius 2 is 1.92 bits per heavy atom. The van der Waals surface area contributed by atoms with Crippen LogP contribution in [0.15, 0.2) is 24.3 Å². The van der Waals surface area contributed by atoms with Gasteiger partial charge in [0.1, 0.15) is 6.04 Å². The number of hydrogen-bond donors (Lipinski definition) is 1. The second-order valence-electron chi connectivity index (χ2n) is 7.12. The van der Waals surface area contributed by atoms with E-state index in [0.717, 1.165) is 37.1 Å². The fourth-order valence-corrected chi connectivity index (χ4v) is 3.85. The van der Waals surface area contributed by atoms with E-state index in [1.54, 1.807) is 4.90 Å². The van der Waals surface area contributed by atoms with Gasteiger partial charge in [-0.25, -0.2) is 0 Å². The number of para-hydroxylation sites is 1. The number of anilines is 1. The molecule has 5 heteroatoms. The Morgan fingerprint density at radius 3 is 2.72 bits per heavy atom. The normalized spacial score (nSPS) is 19.4. The Labute approximate surface area is 150 Å². The lowest BCUT2D eigenvalue weighted by Crippen LogP contribution is -2.48. The summed E-state index contributed by atoms with van der Waals surface area (Å²) < 4.78 is 0. The number of benzene rings is 1. The van der Waals surface area contributed by atoms with Crippen molar-refractivity contribution in [3.63, 3.8) is 0 Å². The minimum absolute atomic E-state index is 0.0460. The molecule has 1 N–H and O–H groups in total. The molecule has 1 fully saturated rings. The van der Waals surface area contributed by atoms with Gasteiger partial charge >= 0.3 is 0 Å². The number of nitrogens with one attached hydrogen (secondary N) is 1. The van der Waals surface area contributed by atoms with Crippen LogP contribution in [0.4, 0.5) is 5.69 Å².